The molecule has 14 heteroatoms. The lowest BCUT2D eigenvalue weighted by atomic mass is 10.2. The minimum absolute atomic E-state index is 0.0206. The van der Waals surface area contributed by atoms with E-state index >= 15 is 0 Å². The van der Waals surface area contributed by atoms with E-state index in [1.807, 2.05) is 0 Å². The third-order valence-electron chi connectivity index (χ3n) is 4.16. The Balaban J connectivity index is 2.14. The van der Waals surface area contributed by atoms with Gasteiger partial charge in [-0.2, -0.15) is 31.4 Å². The van der Waals surface area contributed by atoms with Gasteiger partial charge in [0, 0.05) is 0 Å². The highest BCUT2D eigenvalue weighted by Crippen LogP contribution is 2.34. The molecule has 180 valence electrons. The molecule has 0 saturated heterocycles. The standard InChI is InChI=1S/C20H13ClF4N2O6S/c1-2-32-19(29)18-15(10-17(28)27(26-18)13-6-4-12(22)5-7-13)33-34(30,31)16-9-11(20(23,24)25)3-8-14(16)21/h3-10H,2H2,1H3. The Morgan fingerprint density at radius 2 is 1.76 bits per heavy atom. The maximum Gasteiger partial charge on any atom is 0.416 e. The molecule has 0 amide bonds. The summed E-state index contributed by atoms with van der Waals surface area (Å²) in [6.07, 6.45) is -4.89. The number of hydrogen-bond acceptors (Lipinski definition) is 7. The molecule has 3 rings (SSSR count). The minimum atomic E-state index is -5.08. The van der Waals surface area contributed by atoms with Gasteiger partial charge in [-0.15, -0.1) is 0 Å². The molecule has 0 aliphatic carbocycles. The second-order valence-electron chi connectivity index (χ2n) is 6.48. The van der Waals surface area contributed by atoms with Crippen LogP contribution in [0.1, 0.15) is 23.0 Å². The second-order valence-corrected chi connectivity index (χ2v) is 8.41. The molecule has 0 aliphatic rings. The van der Waals surface area contributed by atoms with Gasteiger partial charge >= 0.3 is 22.3 Å². The number of ether oxygens (including phenoxy) is 1. The monoisotopic (exact) mass is 520 g/mol. The molecule has 8 nitrogen and oxygen atoms in total. The smallest absolute Gasteiger partial charge is 0.416 e. The molecule has 0 N–H and O–H groups in total. The Kier molecular flexibility index (Phi) is 6.98. The summed E-state index contributed by atoms with van der Waals surface area (Å²) in [5.41, 5.74) is -3.08. The van der Waals surface area contributed by atoms with E-state index in [2.05, 4.69) is 5.10 Å². The number of alkyl halides is 3. The SMILES string of the molecule is CCOC(=O)c1nn(-c2ccc(F)cc2)c(=O)cc1OS(=O)(=O)c1cc(C(F)(F)F)ccc1Cl. The number of hydrogen-bond donors (Lipinski definition) is 0. The van der Waals surface area contributed by atoms with Gasteiger partial charge in [-0.05, 0) is 49.4 Å². The van der Waals surface area contributed by atoms with Crippen molar-refractivity contribution >= 4 is 27.7 Å². The minimum Gasteiger partial charge on any atom is -0.461 e. The molecule has 2 aromatic carbocycles. The predicted octanol–water partition coefficient (Wildman–Crippen LogP) is 3.99. The van der Waals surface area contributed by atoms with Gasteiger partial charge in [0.15, 0.2) is 5.75 Å². The van der Waals surface area contributed by atoms with Gasteiger partial charge in [-0.1, -0.05) is 11.6 Å². The van der Waals surface area contributed by atoms with Gasteiger partial charge in [0.2, 0.25) is 5.69 Å². The van der Waals surface area contributed by atoms with Crippen LogP contribution in [0.5, 0.6) is 5.75 Å². The van der Waals surface area contributed by atoms with Crippen LogP contribution in [0.4, 0.5) is 17.6 Å². The van der Waals surface area contributed by atoms with Crippen molar-refractivity contribution in [1.82, 2.24) is 9.78 Å². The van der Waals surface area contributed by atoms with E-state index in [4.69, 9.17) is 20.5 Å². The molecule has 1 aromatic heterocycles. The summed E-state index contributed by atoms with van der Waals surface area (Å²) in [6.45, 7) is 1.27. The van der Waals surface area contributed by atoms with E-state index in [9.17, 15) is 35.6 Å². The van der Waals surface area contributed by atoms with E-state index in [1.54, 1.807) is 0 Å². The van der Waals surface area contributed by atoms with Crippen molar-refractivity contribution in [2.45, 2.75) is 18.0 Å². The number of aromatic nitrogens is 2. The molecular weight excluding hydrogens is 508 g/mol. The van der Waals surface area contributed by atoms with Crippen LogP contribution in [-0.2, 0) is 21.0 Å². The molecule has 3 aromatic rings. The zero-order valence-corrected chi connectivity index (χ0v) is 18.5. The van der Waals surface area contributed by atoms with E-state index in [-0.39, 0.29) is 18.4 Å². The van der Waals surface area contributed by atoms with E-state index in [0.29, 0.717) is 22.9 Å². The number of benzene rings is 2. The highest BCUT2D eigenvalue weighted by Gasteiger charge is 2.34. The number of carbonyl (C=O) groups excluding carboxylic acids is 1. The first-order valence-corrected chi connectivity index (χ1v) is 11.0. The number of carbonyl (C=O) groups is 1. The number of nitrogens with zero attached hydrogens (tertiary/aromatic N) is 2. The lowest BCUT2D eigenvalue weighted by Crippen LogP contribution is -2.26. The quantitative estimate of drug-likeness (QED) is 0.275. The second kappa shape index (κ2) is 9.43. The molecule has 34 heavy (non-hydrogen) atoms. The van der Waals surface area contributed by atoms with Crippen LogP contribution in [0.15, 0.2) is 58.2 Å². The van der Waals surface area contributed by atoms with E-state index in [0.717, 1.165) is 12.1 Å². The Labute approximate surface area is 194 Å². The Morgan fingerprint density at radius 3 is 2.35 bits per heavy atom. The van der Waals surface area contributed by atoms with Crippen LogP contribution in [0.3, 0.4) is 0 Å². The maximum absolute atomic E-state index is 13.2. The van der Waals surface area contributed by atoms with Gasteiger partial charge in [0.05, 0.1) is 28.9 Å². The van der Waals surface area contributed by atoms with Crippen LogP contribution >= 0.6 is 11.6 Å². The highest BCUT2D eigenvalue weighted by atomic mass is 35.5. The zero-order valence-electron chi connectivity index (χ0n) is 17.0. The fourth-order valence-corrected chi connectivity index (χ4v) is 4.08. The fourth-order valence-electron chi connectivity index (χ4n) is 2.65. The normalized spacial score (nSPS) is 11.8. The lowest BCUT2D eigenvalue weighted by Gasteiger charge is -2.14. The van der Waals surface area contributed by atoms with Gasteiger partial charge in [-0.25, -0.2) is 9.18 Å². The van der Waals surface area contributed by atoms with Crippen molar-refractivity contribution in [3.05, 3.63) is 81.0 Å². The first kappa shape index (κ1) is 25.2. The molecule has 0 aliphatic heterocycles. The van der Waals surface area contributed by atoms with Crippen LogP contribution in [0.25, 0.3) is 5.69 Å². The summed E-state index contributed by atoms with van der Waals surface area (Å²) in [5.74, 6) is -2.72. The Hall–Kier alpha value is -3.45. The van der Waals surface area contributed by atoms with Crippen molar-refractivity contribution in [1.29, 1.82) is 0 Å². The summed E-state index contributed by atoms with van der Waals surface area (Å²) in [7, 11) is -5.08. The van der Waals surface area contributed by atoms with Crippen molar-refractivity contribution in [2.75, 3.05) is 6.61 Å². The number of esters is 1. The molecule has 0 bridgehead atoms. The van der Waals surface area contributed by atoms with Crippen LogP contribution in [0, 0.1) is 5.82 Å². The summed E-state index contributed by atoms with van der Waals surface area (Å²) in [5, 5.41) is 3.15. The Morgan fingerprint density at radius 1 is 1.12 bits per heavy atom. The topological polar surface area (TPSA) is 105 Å². The average molecular weight is 521 g/mol. The maximum atomic E-state index is 13.2. The summed E-state index contributed by atoms with van der Waals surface area (Å²) >= 11 is 5.77. The molecular formula is C20H13ClF4N2O6S. The Bertz CT molecular complexity index is 1410. The third-order valence-corrected chi connectivity index (χ3v) is 5.88. The predicted molar refractivity (Wildman–Crippen MR) is 110 cm³/mol. The first-order valence-electron chi connectivity index (χ1n) is 9.22. The third kappa shape index (κ3) is 5.37. The van der Waals surface area contributed by atoms with Crippen LogP contribution in [0.2, 0.25) is 5.02 Å². The van der Waals surface area contributed by atoms with Crippen LogP contribution < -0.4 is 9.74 Å². The summed E-state index contributed by atoms with van der Waals surface area (Å²) < 4.78 is 88.0. The van der Waals surface area contributed by atoms with Crippen LogP contribution in [-0.4, -0.2) is 30.8 Å². The molecule has 0 spiro atoms. The van der Waals surface area contributed by atoms with Crippen molar-refractivity contribution in [3.8, 4) is 11.4 Å². The first-order chi connectivity index (χ1) is 15.8. The zero-order chi connectivity index (χ0) is 25.3. The highest BCUT2D eigenvalue weighted by molar-refractivity contribution is 7.87. The van der Waals surface area contributed by atoms with Gasteiger partial charge in [0.1, 0.15) is 10.7 Å². The van der Waals surface area contributed by atoms with Gasteiger partial charge in [0.25, 0.3) is 5.56 Å². The largest absolute Gasteiger partial charge is 0.461 e. The number of halogens is 5. The van der Waals surface area contributed by atoms with Gasteiger partial charge in [-0.3, -0.25) is 4.79 Å². The molecule has 1 heterocycles. The molecule has 0 atom stereocenters. The average Bonchev–Trinajstić information content (AvgIpc) is 2.74. The van der Waals surface area contributed by atoms with E-state index < -0.39 is 60.6 Å². The summed E-state index contributed by atoms with van der Waals surface area (Å²) in [6, 6.07) is 6.44. The molecule has 0 saturated carbocycles. The van der Waals surface area contributed by atoms with Crippen molar-refractivity contribution in [3.63, 3.8) is 0 Å². The molecule has 0 unspecified atom stereocenters. The summed E-state index contributed by atoms with van der Waals surface area (Å²) in [4.78, 5) is 23.9. The van der Waals surface area contributed by atoms with Gasteiger partial charge < -0.3 is 8.92 Å². The van der Waals surface area contributed by atoms with E-state index in [1.165, 1.54) is 19.1 Å². The van der Waals surface area contributed by atoms with Crippen molar-refractivity contribution in [2.24, 2.45) is 0 Å². The molecule has 0 fully saturated rings. The molecule has 0 radical (unpaired) electrons. The number of rotatable bonds is 6. The fraction of sp³-hybridized carbons (Fsp3) is 0.150. The van der Waals surface area contributed by atoms with Crippen molar-refractivity contribution < 1.29 is 39.7 Å². The lowest BCUT2D eigenvalue weighted by molar-refractivity contribution is -0.137.